The molecule has 1 saturated heterocycles. The summed E-state index contributed by atoms with van der Waals surface area (Å²) >= 11 is 0. The fourth-order valence-corrected chi connectivity index (χ4v) is 4.85. The van der Waals surface area contributed by atoms with E-state index in [9.17, 15) is 9.90 Å². The summed E-state index contributed by atoms with van der Waals surface area (Å²) in [6.45, 7) is 6.16. The monoisotopic (exact) mass is 440 g/mol. The van der Waals surface area contributed by atoms with Gasteiger partial charge in [0.25, 0.3) is 0 Å². The van der Waals surface area contributed by atoms with Crippen molar-refractivity contribution in [3.63, 3.8) is 0 Å². The minimum Gasteiger partial charge on any atom is -0.508 e. The second kappa shape index (κ2) is 9.22. The van der Waals surface area contributed by atoms with Crippen LogP contribution >= 0.6 is 0 Å². The summed E-state index contributed by atoms with van der Waals surface area (Å²) in [7, 11) is 0. The highest BCUT2D eigenvalue weighted by molar-refractivity contribution is 5.84. The fourth-order valence-electron chi connectivity index (χ4n) is 4.85. The molecule has 1 aliphatic rings. The smallest absolute Gasteiger partial charge is 0.336 e. The molecule has 1 fully saturated rings. The third kappa shape index (κ3) is 4.42. The molecule has 0 saturated carbocycles. The maximum absolute atomic E-state index is 12.2. The lowest BCUT2D eigenvalue weighted by Gasteiger charge is -2.40. The second-order valence-corrected chi connectivity index (χ2v) is 8.71. The minimum absolute atomic E-state index is 0.143. The van der Waals surface area contributed by atoms with Crippen LogP contribution in [0.1, 0.15) is 28.3 Å². The summed E-state index contributed by atoms with van der Waals surface area (Å²) in [6.07, 6.45) is 0. The van der Waals surface area contributed by atoms with Crippen LogP contribution in [0, 0.1) is 6.92 Å². The molecule has 1 N–H and O–H groups in total. The van der Waals surface area contributed by atoms with Crippen molar-refractivity contribution < 1.29 is 9.52 Å². The number of phenolic OH excluding ortho intramolecular Hbond substituents is 1. The Morgan fingerprint density at radius 3 is 2.09 bits per heavy atom. The molecular weight excluding hydrogens is 412 g/mol. The Morgan fingerprint density at radius 2 is 1.48 bits per heavy atom. The quantitative estimate of drug-likeness (QED) is 0.456. The predicted molar refractivity (Wildman–Crippen MR) is 130 cm³/mol. The molecule has 5 rings (SSSR count). The van der Waals surface area contributed by atoms with Gasteiger partial charge >= 0.3 is 5.63 Å². The van der Waals surface area contributed by atoms with Crippen LogP contribution in [0.25, 0.3) is 11.0 Å². The van der Waals surface area contributed by atoms with E-state index < -0.39 is 0 Å². The summed E-state index contributed by atoms with van der Waals surface area (Å²) in [5.41, 5.74) is 4.26. The molecule has 0 unspecified atom stereocenters. The van der Waals surface area contributed by atoms with Gasteiger partial charge in [0.2, 0.25) is 0 Å². The van der Waals surface area contributed by atoms with Crippen molar-refractivity contribution in [2.45, 2.75) is 19.5 Å². The Kier molecular flexibility index (Phi) is 5.99. The topological polar surface area (TPSA) is 56.9 Å². The van der Waals surface area contributed by atoms with Crippen molar-refractivity contribution in [3.8, 4) is 5.75 Å². The third-order valence-corrected chi connectivity index (χ3v) is 6.61. The molecule has 0 bridgehead atoms. The van der Waals surface area contributed by atoms with E-state index in [1.807, 2.05) is 6.07 Å². The lowest BCUT2D eigenvalue weighted by molar-refractivity contribution is 0.105. The Bertz CT molecular complexity index is 1250. The SMILES string of the molecule is Cc1c(O)ccc2c(CN3CCN(C(c4ccccc4)c4ccccc4)CC3)cc(=O)oc12. The number of nitrogens with zero attached hydrogens (tertiary/aromatic N) is 2. The fraction of sp³-hybridized carbons (Fsp3) is 0.250. The largest absolute Gasteiger partial charge is 0.508 e. The van der Waals surface area contributed by atoms with Crippen molar-refractivity contribution in [1.82, 2.24) is 9.80 Å². The highest BCUT2D eigenvalue weighted by Gasteiger charge is 2.26. The van der Waals surface area contributed by atoms with Gasteiger partial charge in [-0.25, -0.2) is 4.79 Å². The van der Waals surface area contributed by atoms with Gasteiger partial charge in [0.1, 0.15) is 11.3 Å². The molecule has 3 aromatic carbocycles. The number of piperazine rings is 1. The molecule has 5 nitrogen and oxygen atoms in total. The zero-order chi connectivity index (χ0) is 22.8. The van der Waals surface area contributed by atoms with Gasteiger partial charge in [-0.15, -0.1) is 0 Å². The number of phenols is 1. The van der Waals surface area contributed by atoms with Crippen LogP contribution in [0.3, 0.4) is 0 Å². The van der Waals surface area contributed by atoms with Gasteiger partial charge in [0.05, 0.1) is 6.04 Å². The molecule has 0 amide bonds. The normalized spacial score (nSPS) is 15.3. The molecule has 1 aliphatic heterocycles. The van der Waals surface area contributed by atoms with Gasteiger partial charge in [0, 0.05) is 49.7 Å². The van der Waals surface area contributed by atoms with E-state index >= 15 is 0 Å². The highest BCUT2D eigenvalue weighted by Crippen LogP contribution is 2.31. The maximum Gasteiger partial charge on any atom is 0.336 e. The van der Waals surface area contributed by atoms with Crippen molar-refractivity contribution in [3.05, 3.63) is 112 Å². The number of hydrogen-bond donors (Lipinski definition) is 1. The predicted octanol–water partition coefficient (Wildman–Crippen LogP) is 4.71. The average Bonchev–Trinajstić information content (AvgIpc) is 2.84. The van der Waals surface area contributed by atoms with Crippen molar-refractivity contribution >= 4 is 11.0 Å². The van der Waals surface area contributed by atoms with Crippen LogP contribution in [0.4, 0.5) is 0 Å². The van der Waals surface area contributed by atoms with E-state index in [4.69, 9.17) is 4.42 Å². The summed E-state index contributed by atoms with van der Waals surface area (Å²) < 4.78 is 5.41. The molecular formula is C28H28N2O3. The molecule has 1 aromatic heterocycles. The Morgan fingerprint density at radius 1 is 0.879 bits per heavy atom. The van der Waals surface area contributed by atoms with Crippen LogP contribution in [-0.2, 0) is 6.54 Å². The zero-order valence-electron chi connectivity index (χ0n) is 18.8. The van der Waals surface area contributed by atoms with Gasteiger partial charge in [-0.3, -0.25) is 9.80 Å². The highest BCUT2D eigenvalue weighted by atomic mass is 16.4. The Hall–Kier alpha value is -3.41. The molecule has 2 heterocycles. The van der Waals surface area contributed by atoms with E-state index in [0.717, 1.165) is 37.1 Å². The van der Waals surface area contributed by atoms with Crippen LogP contribution in [0.5, 0.6) is 5.75 Å². The first kappa shape index (κ1) is 21.4. The van der Waals surface area contributed by atoms with E-state index in [1.165, 1.54) is 11.1 Å². The molecule has 4 aromatic rings. The Labute approximate surface area is 193 Å². The lowest BCUT2D eigenvalue weighted by atomic mass is 9.96. The molecule has 0 spiro atoms. The molecule has 0 radical (unpaired) electrons. The van der Waals surface area contributed by atoms with Crippen LogP contribution in [-0.4, -0.2) is 41.1 Å². The van der Waals surface area contributed by atoms with Crippen LogP contribution in [0.2, 0.25) is 0 Å². The maximum atomic E-state index is 12.2. The number of aromatic hydroxyl groups is 1. The van der Waals surface area contributed by atoms with Gasteiger partial charge in [-0.2, -0.15) is 0 Å². The Balaban J connectivity index is 1.36. The van der Waals surface area contributed by atoms with E-state index in [2.05, 4.69) is 70.5 Å². The third-order valence-electron chi connectivity index (χ3n) is 6.61. The van der Waals surface area contributed by atoms with Crippen molar-refractivity contribution in [1.29, 1.82) is 0 Å². The molecule has 168 valence electrons. The van der Waals surface area contributed by atoms with Crippen molar-refractivity contribution in [2.75, 3.05) is 26.2 Å². The standard InChI is InChI=1S/C28H28N2O3/c1-20-25(31)13-12-24-23(18-26(32)33-28(20)24)19-29-14-16-30(17-15-29)27(21-8-4-2-5-9-21)22-10-6-3-7-11-22/h2-13,18,27,31H,14-17,19H2,1H3. The minimum atomic E-state index is -0.377. The van der Waals surface area contributed by atoms with Crippen molar-refractivity contribution in [2.24, 2.45) is 0 Å². The van der Waals surface area contributed by atoms with Gasteiger partial charge < -0.3 is 9.52 Å². The average molecular weight is 441 g/mol. The van der Waals surface area contributed by atoms with E-state index in [0.29, 0.717) is 17.7 Å². The summed E-state index contributed by atoms with van der Waals surface area (Å²) in [5.74, 6) is 0.143. The second-order valence-electron chi connectivity index (χ2n) is 8.71. The molecule has 5 heteroatoms. The van der Waals surface area contributed by atoms with Gasteiger partial charge in [0.15, 0.2) is 0 Å². The number of benzene rings is 3. The lowest BCUT2D eigenvalue weighted by Crippen LogP contribution is -2.47. The van der Waals surface area contributed by atoms with Crippen LogP contribution < -0.4 is 5.63 Å². The first-order chi connectivity index (χ1) is 16.1. The summed E-state index contributed by atoms with van der Waals surface area (Å²) in [4.78, 5) is 17.1. The van der Waals surface area contributed by atoms with E-state index in [1.54, 1.807) is 19.1 Å². The zero-order valence-corrected chi connectivity index (χ0v) is 18.8. The molecule has 33 heavy (non-hydrogen) atoms. The molecule has 0 atom stereocenters. The number of hydrogen-bond acceptors (Lipinski definition) is 5. The molecule has 0 aliphatic carbocycles. The van der Waals surface area contributed by atoms with Crippen LogP contribution in [0.15, 0.2) is 88.1 Å². The van der Waals surface area contributed by atoms with E-state index in [-0.39, 0.29) is 17.4 Å². The summed E-state index contributed by atoms with van der Waals surface area (Å²) in [6, 6.07) is 26.7. The number of aryl methyl sites for hydroxylation is 1. The van der Waals surface area contributed by atoms with Gasteiger partial charge in [-0.1, -0.05) is 60.7 Å². The summed E-state index contributed by atoms with van der Waals surface area (Å²) in [5, 5.41) is 10.9. The number of fused-ring (bicyclic) bond motifs is 1. The first-order valence-electron chi connectivity index (χ1n) is 11.4. The first-order valence-corrected chi connectivity index (χ1v) is 11.4. The number of rotatable bonds is 5. The van der Waals surface area contributed by atoms with Gasteiger partial charge in [-0.05, 0) is 35.7 Å².